The molecule has 0 amide bonds. The highest BCUT2D eigenvalue weighted by Crippen LogP contribution is 2.24. The topological polar surface area (TPSA) is 55.1 Å². The van der Waals surface area contributed by atoms with Gasteiger partial charge in [0.05, 0.1) is 11.4 Å². The lowest BCUT2D eigenvalue weighted by Crippen LogP contribution is -2.09. The number of rotatable bonds is 3. The van der Waals surface area contributed by atoms with Crippen molar-refractivity contribution < 1.29 is 14.3 Å². The summed E-state index contributed by atoms with van der Waals surface area (Å²) in [5.41, 5.74) is 3.95. The zero-order chi connectivity index (χ0) is 16.6. The van der Waals surface area contributed by atoms with Gasteiger partial charge in [-0.05, 0) is 55.8 Å². The first-order valence-electron chi connectivity index (χ1n) is 7.12. The van der Waals surface area contributed by atoms with Gasteiger partial charge in [0.15, 0.2) is 5.69 Å². The molecule has 2 aromatic carbocycles. The lowest BCUT2D eigenvalue weighted by molar-refractivity contribution is 0.0687. The molecule has 0 unspecified atom stereocenters. The molecule has 116 valence electrons. The van der Waals surface area contributed by atoms with Gasteiger partial charge in [-0.15, -0.1) is 0 Å². The first-order chi connectivity index (χ1) is 11.0. The second-order valence-electron chi connectivity index (χ2n) is 5.43. The van der Waals surface area contributed by atoms with Crippen LogP contribution in [-0.2, 0) is 0 Å². The number of carbonyl (C=O) groups is 1. The summed E-state index contributed by atoms with van der Waals surface area (Å²) in [5.74, 6) is -1.41. The Bertz CT molecular complexity index is 883. The number of carboxylic acids is 1. The summed E-state index contributed by atoms with van der Waals surface area (Å²) in [5, 5.41) is 13.9. The molecule has 1 heterocycles. The number of benzene rings is 2. The third kappa shape index (κ3) is 2.85. The van der Waals surface area contributed by atoms with Crippen molar-refractivity contribution >= 4 is 5.97 Å². The zero-order valence-electron chi connectivity index (χ0n) is 12.7. The maximum atomic E-state index is 13.1. The van der Waals surface area contributed by atoms with Gasteiger partial charge in [0.2, 0.25) is 0 Å². The summed E-state index contributed by atoms with van der Waals surface area (Å²) in [7, 11) is 0. The summed E-state index contributed by atoms with van der Waals surface area (Å²) < 4.78 is 14.5. The van der Waals surface area contributed by atoms with Crippen molar-refractivity contribution in [3.05, 3.63) is 71.2 Å². The van der Waals surface area contributed by atoms with E-state index in [-0.39, 0.29) is 11.5 Å². The first-order valence-corrected chi connectivity index (χ1v) is 7.12. The van der Waals surface area contributed by atoms with E-state index in [1.54, 1.807) is 12.1 Å². The Morgan fingerprint density at radius 3 is 2.39 bits per heavy atom. The molecule has 0 atom stereocenters. The predicted molar refractivity (Wildman–Crippen MR) is 85.4 cm³/mol. The van der Waals surface area contributed by atoms with E-state index in [1.165, 1.54) is 22.9 Å². The zero-order valence-corrected chi connectivity index (χ0v) is 12.7. The van der Waals surface area contributed by atoms with E-state index >= 15 is 0 Å². The van der Waals surface area contributed by atoms with Crippen molar-refractivity contribution in [2.45, 2.75) is 13.8 Å². The molecular weight excluding hydrogens is 295 g/mol. The Labute approximate surface area is 132 Å². The number of aromatic nitrogens is 2. The van der Waals surface area contributed by atoms with Gasteiger partial charge in [-0.1, -0.05) is 17.7 Å². The molecule has 0 aliphatic heterocycles. The van der Waals surface area contributed by atoms with Crippen LogP contribution in [0.15, 0.2) is 48.5 Å². The molecule has 23 heavy (non-hydrogen) atoms. The SMILES string of the molecule is Cc1ccc(-n2nc(-c3ccc(F)cc3)cc2C(=O)O)c(C)c1. The van der Waals surface area contributed by atoms with E-state index < -0.39 is 5.97 Å². The number of halogens is 1. The van der Waals surface area contributed by atoms with Gasteiger partial charge < -0.3 is 5.11 Å². The molecule has 0 aliphatic rings. The van der Waals surface area contributed by atoms with E-state index in [0.29, 0.717) is 16.9 Å². The van der Waals surface area contributed by atoms with Crippen LogP contribution in [0.1, 0.15) is 21.6 Å². The van der Waals surface area contributed by atoms with Crippen molar-refractivity contribution in [2.24, 2.45) is 0 Å². The molecule has 0 saturated carbocycles. The second kappa shape index (κ2) is 5.68. The Morgan fingerprint density at radius 2 is 1.78 bits per heavy atom. The van der Waals surface area contributed by atoms with Crippen molar-refractivity contribution in [2.75, 3.05) is 0 Å². The number of carboxylic acid groups (broad SMARTS) is 1. The Balaban J connectivity index is 2.16. The molecule has 0 saturated heterocycles. The van der Waals surface area contributed by atoms with Crippen LogP contribution >= 0.6 is 0 Å². The summed E-state index contributed by atoms with van der Waals surface area (Å²) >= 11 is 0. The number of aryl methyl sites for hydroxylation is 2. The first kappa shape index (κ1) is 15.0. The molecular formula is C18H15FN2O2. The molecule has 3 rings (SSSR count). The van der Waals surface area contributed by atoms with Crippen LogP contribution in [-0.4, -0.2) is 20.9 Å². The van der Waals surface area contributed by atoms with Crippen molar-refractivity contribution in [1.29, 1.82) is 0 Å². The molecule has 0 aliphatic carbocycles. The second-order valence-corrected chi connectivity index (χ2v) is 5.43. The van der Waals surface area contributed by atoms with Crippen LogP contribution in [0.2, 0.25) is 0 Å². The van der Waals surface area contributed by atoms with Gasteiger partial charge in [0.1, 0.15) is 5.82 Å². The third-order valence-electron chi connectivity index (χ3n) is 3.65. The van der Waals surface area contributed by atoms with Gasteiger partial charge >= 0.3 is 5.97 Å². The number of hydrogen-bond donors (Lipinski definition) is 1. The average molecular weight is 310 g/mol. The molecule has 5 heteroatoms. The lowest BCUT2D eigenvalue weighted by atomic mass is 10.1. The monoisotopic (exact) mass is 310 g/mol. The molecule has 1 N–H and O–H groups in total. The van der Waals surface area contributed by atoms with Crippen molar-refractivity contribution in [3.63, 3.8) is 0 Å². The molecule has 0 bridgehead atoms. The minimum absolute atomic E-state index is 0.0660. The minimum Gasteiger partial charge on any atom is -0.477 e. The smallest absolute Gasteiger partial charge is 0.354 e. The van der Waals surface area contributed by atoms with Crippen LogP contribution in [0.5, 0.6) is 0 Å². The van der Waals surface area contributed by atoms with Crippen LogP contribution < -0.4 is 0 Å². The van der Waals surface area contributed by atoms with Crippen LogP contribution in [0.25, 0.3) is 16.9 Å². The number of nitrogens with zero attached hydrogens (tertiary/aromatic N) is 2. The predicted octanol–water partition coefficient (Wildman–Crippen LogP) is 3.99. The van der Waals surface area contributed by atoms with Gasteiger partial charge in [-0.2, -0.15) is 5.10 Å². The Morgan fingerprint density at radius 1 is 1.09 bits per heavy atom. The number of hydrogen-bond acceptors (Lipinski definition) is 2. The van der Waals surface area contributed by atoms with Crippen LogP contribution in [0.4, 0.5) is 4.39 Å². The third-order valence-corrected chi connectivity index (χ3v) is 3.65. The fourth-order valence-corrected chi connectivity index (χ4v) is 2.52. The van der Waals surface area contributed by atoms with Crippen molar-refractivity contribution in [3.8, 4) is 16.9 Å². The minimum atomic E-state index is -1.06. The quantitative estimate of drug-likeness (QED) is 0.795. The molecule has 0 radical (unpaired) electrons. The molecule has 0 fully saturated rings. The normalized spacial score (nSPS) is 10.7. The highest BCUT2D eigenvalue weighted by Gasteiger charge is 2.17. The summed E-state index contributed by atoms with van der Waals surface area (Å²) in [6.45, 7) is 3.88. The maximum Gasteiger partial charge on any atom is 0.354 e. The number of aromatic carboxylic acids is 1. The average Bonchev–Trinajstić information content (AvgIpc) is 2.93. The maximum absolute atomic E-state index is 13.1. The van der Waals surface area contributed by atoms with E-state index in [0.717, 1.165) is 11.1 Å². The van der Waals surface area contributed by atoms with Gasteiger partial charge in [-0.25, -0.2) is 13.9 Å². The molecule has 3 aromatic rings. The summed E-state index contributed by atoms with van der Waals surface area (Å²) in [4.78, 5) is 11.6. The van der Waals surface area contributed by atoms with Crippen LogP contribution in [0, 0.1) is 19.7 Å². The highest BCUT2D eigenvalue weighted by atomic mass is 19.1. The summed E-state index contributed by atoms with van der Waals surface area (Å²) in [6.07, 6.45) is 0. The Hall–Kier alpha value is -2.95. The van der Waals surface area contributed by atoms with E-state index in [4.69, 9.17) is 0 Å². The fraction of sp³-hybridized carbons (Fsp3) is 0.111. The van der Waals surface area contributed by atoms with Crippen LogP contribution in [0.3, 0.4) is 0 Å². The molecule has 1 aromatic heterocycles. The van der Waals surface area contributed by atoms with E-state index in [2.05, 4.69) is 5.10 Å². The van der Waals surface area contributed by atoms with Crippen molar-refractivity contribution in [1.82, 2.24) is 9.78 Å². The van der Waals surface area contributed by atoms with Gasteiger partial charge in [0.25, 0.3) is 0 Å². The summed E-state index contributed by atoms with van der Waals surface area (Å²) in [6, 6.07) is 13.0. The highest BCUT2D eigenvalue weighted by molar-refractivity contribution is 5.88. The molecule has 4 nitrogen and oxygen atoms in total. The fourth-order valence-electron chi connectivity index (χ4n) is 2.52. The Kier molecular flexibility index (Phi) is 3.70. The van der Waals surface area contributed by atoms with Gasteiger partial charge in [-0.3, -0.25) is 0 Å². The standard InChI is InChI=1S/C18H15FN2O2/c1-11-3-8-16(12(2)9-11)21-17(18(22)23)10-15(20-21)13-4-6-14(19)7-5-13/h3-10H,1-2H3,(H,22,23). The van der Waals surface area contributed by atoms with E-state index in [1.807, 2.05) is 32.0 Å². The molecule has 0 spiro atoms. The van der Waals surface area contributed by atoms with E-state index in [9.17, 15) is 14.3 Å². The largest absolute Gasteiger partial charge is 0.477 e. The lowest BCUT2D eigenvalue weighted by Gasteiger charge is -2.08. The van der Waals surface area contributed by atoms with Gasteiger partial charge in [0, 0.05) is 5.56 Å².